The van der Waals surface area contributed by atoms with E-state index in [1.54, 1.807) is 0 Å². The van der Waals surface area contributed by atoms with Crippen molar-refractivity contribution in [2.24, 2.45) is 5.73 Å². The van der Waals surface area contributed by atoms with Gasteiger partial charge in [0.2, 0.25) is 0 Å². The molecule has 0 spiro atoms. The van der Waals surface area contributed by atoms with E-state index in [1.807, 2.05) is 6.92 Å². The molecule has 1 fully saturated rings. The summed E-state index contributed by atoms with van der Waals surface area (Å²) in [7, 11) is 0. The lowest BCUT2D eigenvalue weighted by Gasteiger charge is -2.26. The number of hydrogen-bond acceptors (Lipinski definition) is 3. The smallest absolute Gasteiger partial charge is 0.0641 e. The van der Waals surface area contributed by atoms with Gasteiger partial charge >= 0.3 is 0 Å². The van der Waals surface area contributed by atoms with Gasteiger partial charge in [-0.05, 0) is 25.0 Å². The van der Waals surface area contributed by atoms with Gasteiger partial charge in [-0.3, -0.25) is 0 Å². The molecule has 0 bridgehead atoms. The van der Waals surface area contributed by atoms with Crippen LogP contribution < -0.4 is 10.6 Å². The summed E-state index contributed by atoms with van der Waals surface area (Å²) in [5.74, 6) is 0. The molecular weight excluding hydrogens is 200 g/mol. The number of anilines is 1. The second kappa shape index (κ2) is 5.32. The molecule has 1 aromatic rings. The van der Waals surface area contributed by atoms with Crippen LogP contribution in [0.25, 0.3) is 0 Å². The van der Waals surface area contributed by atoms with Gasteiger partial charge in [-0.1, -0.05) is 18.2 Å². The van der Waals surface area contributed by atoms with E-state index in [1.165, 1.54) is 11.3 Å². The summed E-state index contributed by atoms with van der Waals surface area (Å²) < 4.78 is 5.47. The molecule has 3 nitrogen and oxygen atoms in total. The summed E-state index contributed by atoms with van der Waals surface area (Å²) in [4.78, 5) is 2.38. The summed E-state index contributed by atoms with van der Waals surface area (Å²) in [6.07, 6.45) is 1.09. The quantitative estimate of drug-likeness (QED) is 0.827. The van der Waals surface area contributed by atoms with E-state index in [2.05, 4.69) is 29.2 Å². The Morgan fingerprint density at radius 2 is 2.06 bits per heavy atom. The molecule has 2 N–H and O–H groups in total. The van der Waals surface area contributed by atoms with E-state index < -0.39 is 0 Å². The Hall–Kier alpha value is -1.06. The fourth-order valence-corrected chi connectivity index (χ4v) is 2.15. The second-order valence-electron chi connectivity index (χ2n) is 4.30. The Kier molecular flexibility index (Phi) is 3.80. The van der Waals surface area contributed by atoms with Crippen molar-refractivity contribution in [1.29, 1.82) is 0 Å². The number of nitrogens with two attached hydrogens (primary N) is 1. The van der Waals surface area contributed by atoms with Crippen LogP contribution in [-0.4, -0.2) is 26.3 Å². The van der Waals surface area contributed by atoms with E-state index in [-0.39, 0.29) is 6.04 Å². The minimum atomic E-state index is 0.0837. The van der Waals surface area contributed by atoms with E-state index in [9.17, 15) is 0 Å². The molecule has 0 radical (unpaired) electrons. The number of ether oxygens (including phenoxy) is 1. The summed E-state index contributed by atoms with van der Waals surface area (Å²) in [6, 6.07) is 8.49. The Morgan fingerprint density at radius 1 is 1.25 bits per heavy atom. The normalized spacial score (nSPS) is 19.2. The van der Waals surface area contributed by atoms with Crippen LogP contribution in [0.2, 0.25) is 0 Å². The molecule has 0 aromatic heterocycles. The maximum Gasteiger partial charge on any atom is 0.0641 e. The van der Waals surface area contributed by atoms with Crippen LogP contribution in [0.3, 0.4) is 0 Å². The van der Waals surface area contributed by atoms with Crippen molar-refractivity contribution < 1.29 is 4.74 Å². The van der Waals surface area contributed by atoms with Gasteiger partial charge in [0.15, 0.2) is 0 Å². The lowest BCUT2D eigenvalue weighted by molar-refractivity contribution is 0.152. The first-order valence-corrected chi connectivity index (χ1v) is 5.96. The van der Waals surface area contributed by atoms with Gasteiger partial charge in [0.25, 0.3) is 0 Å². The number of benzene rings is 1. The van der Waals surface area contributed by atoms with Gasteiger partial charge in [-0.15, -0.1) is 0 Å². The van der Waals surface area contributed by atoms with Gasteiger partial charge in [-0.25, -0.2) is 0 Å². The van der Waals surface area contributed by atoms with Crippen molar-refractivity contribution in [3.8, 4) is 0 Å². The third-order valence-electron chi connectivity index (χ3n) is 2.99. The molecule has 1 atom stereocenters. The highest BCUT2D eigenvalue weighted by Crippen LogP contribution is 2.25. The molecule has 0 aliphatic carbocycles. The lowest BCUT2D eigenvalue weighted by atomic mass is 10.1. The topological polar surface area (TPSA) is 38.5 Å². The standard InChI is InChI=1S/C13H20N2O/c1-11(14)12-5-2-3-6-13(12)15-7-4-9-16-10-8-15/h2-3,5-6,11H,4,7-10,14H2,1H3. The maximum absolute atomic E-state index is 6.00. The minimum Gasteiger partial charge on any atom is -0.380 e. The van der Waals surface area contributed by atoms with Gasteiger partial charge < -0.3 is 15.4 Å². The maximum atomic E-state index is 6.00. The highest BCUT2D eigenvalue weighted by Gasteiger charge is 2.14. The molecule has 0 saturated carbocycles. The Bertz CT molecular complexity index is 330. The predicted octanol–water partition coefficient (Wildman–Crippen LogP) is 1.93. The van der Waals surface area contributed by atoms with Crippen LogP contribution in [-0.2, 0) is 4.74 Å². The molecule has 2 rings (SSSR count). The minimum absolute atomic E-state index is 0.0837. The Morgan fingerprint density at radius 3 is 2.88 bits per heavy atom. The zero-order chi connectivity index (χ0) is 11.4. The first-order chi connectivity index (χ1) is 7.79. The van der Waals surface area contributed by atoms with Crippen molar-refractivity contribution >= 4 is 5.69 Å². The molecule has 1 heterocycles. The van der Waals surface area contributed by atoms with Crippen molar-refractivity contribution in [2.75, 3.05) is 31.2 Å². The molecule has 1 unspecified atom stereocenters. The monoisotopic (exact) mass is 220 g/mol. The molecule has 1 aliphatic rings. The molecule has 16 heavy (non-hydrogen) atoms. The largest absolute Gasteiger partial charge is 0.380 e. The fourth-order valence-electron chi connectivity index (χ4n) is 2.15. The SMILES string of the molecule is CC(N)c1ccccc1N1CCCOCC1. The van der Waals surface area contributed by atoms with Crippen molar-refractivity contribution in [2.45, 2.75) is 19.4 Å². The van der Waals surface area contributed by atoms with Gasteiger partial charge in [0, 0.05) is 31.4 Å². The van der Waals surface area contributed by atoms with Crippen molar-refractivity contribution in [3.63, 3.8) is 0 Å². The van der Waals surface area contributed by atoms with Crippen LogP contribution in [0.1, 0.15) is 24.9 Å². The van der Waals surface area contributed by atoms with E-state index >= 15 is 0 Å². The molecular formula is C13H20N2O. The summed E-state index contributed by atoms with van der Waals surface area (Å²) in [6.45, 7) is 5.74. The van der Waals surface area contributed by atoms with E-state index in [0.29, 0.717) is 0 Å². The lowest BCUT2D eigenvalue weighted by Crippen LogP contribution is -2.27. The molecule has 1 aromatic carbocycles. The average Bonchev–Trinajstić information content (AvgIpc) is 2.57. The second-order valence-corrected chi connectivity index (χ2v) is 4.30. The predicted molar refractivity (Wildman–Crippen MR) is 66.7 cm³/mol. The first-order valence-electron chi connectivity index (χ1n) is 5.96. The molecule has 88 valence electrons. The zero-order valence-electron chi connectivity index (χ0n) is 9.86. The van der Waals surface area contributed by atoms with Crippen LogP contribution in [0.5, 0.6) is 0 Å². The molecule has 1 aliphatic heterocycles. The first kappa shape index (κ1) is 11.4. The number of nitrogens with zero attached hydrogens (tertiary/aromatic N) is 1. The van der Waals surface area contributed by atoms with Crippen LogP contribution in [0.4, 0.5) is 5.69 Å². The van der Waals surface area contributed by atoms with Gasteiger partial charge in [0.1, 0.15) is 0 Å². The number of hydrogen-bond donors (Lipinski definition) is 1. The fraction of sp³-hybridized carbons (Fsp3) is 0.538. The number of rotatable bonds is 2. The third-order valence-corrected chi connectivity index (χ3v) is 2.99. The molecule has 0 amide bonds. The van der Waals surface area contributed by atoms with Gasteiger partial charge in [-0.2, -0.15) is 0 Å². The van der Waals surface area contributed by atoms with Crippen LogP contribution in [0.15, 0.2) is 24.3 Å². The summed E-state index contributed by atoms with van der Waals surface area (Å²) in [5.41, 5.74) is 8.50. The Labute approximate surface area is 97.2 Å². The van der Waals surface area contributed by atoms with Crippen LogP contribution >= 0.6 is 0 Å². The van der Waals surface area contributed by atoms with Crippen LogP contribution in [0, 0.1) is 0 Å². The van der Waals surface area contributed by atoms with Crippen molar-refractivity contribution in [3.05, 3.63) is 29.8 Å². The molecule has 1 saturated heterocycles. The Balaban J connectivity index is 2.23. The number of para-hydroxylation sites is 1. The van der Waals surface area contributed by atoms with E-state index in [0.717, 1.165) is 32.7 Å². The third kappa shape index (κ3) is 2.54. The highest BCUT2D eigenvalue weighted by atomic mass is 16.5. The summed E-state index contributed by atoms with van der Waals surface area (Å²) >= 11 is 0. The van der Waals surface area contributed by atoms with Crippen molar-refractivity contribution in [1.82, 2.24) is 0 Å². The van der Waals surface area contributed by atoms with E-state index in [4.69, 9.17) is 10.5 Å². The molecule has 3 heteroatoms. The van der Waals surface area contributed by atoms with Gasteiger partial charge in [0.05, 0.1) is 6.61 Å². The highest BCUT2D eigenvalue weighted by molar-refractivity contribution is 5.54. The zero-order valence-corrected chi connectivity index (χ0v) is 9.86. The summed E-state index contributed by atoms with van der Waals surface area (Å²) in [5, 5.41) is 0. The average molecular weight is 220 g/mol.